The van der Waals surface area contributed by atoms with E-state index in [-0.39, 0.29) is 12.5 Å². The fourth-order valence-corrected chi connectivity index (χ4v) is 2.87. The summed E-state index contributed by atoms with van der Waals surface area (Å²) in [4.78, 5) is 14.2. The van der Waals surface area contributed by atoms with E-state index in [0.29, 0.717) is 12.1 Å². The quantitative estimate of drug-likeness (QED) is 0.624. The van der Waals surface area contributed by atoms with Crippen LogP contribution in [0.3, 0.4) is 0 Å². The predicted octanol–water partition coefficient (Wildman–Crippen LogP) is 2.04. The molecule has 124 valence electrons. The van der Waals surface area contributed by atoms with Crippen LogP contribution in [0.2, 0.25) is 0 Å². The van der Waals surface area contributed by atoms with Crippen molar-refractivity contribution in [1.82, 2.24) is 10.2 Å². The highest BCUT2D eigenvalue weighted by Crippen LogP contribution is 2.18. The van der Waals surface area contributed by atoms with Gasteiger partial charge in [0.25, 0.3) is 5.91 Å². The Balaban J connectivity index is 1.80. The third kappa shape index (κ3) is 5.05. The van der Waals surface area contributed by atoms with Crippen molar-refractivity contribution >= 4 is 5.91 Å². The summed E-state index contributed by atoms with van der Waals surface area (Å²) in [7, 11) is 0. The Kier molecular flexibility index (Phi) is 6.56. The predicted molar refractivity (Wildman–Crippen MR) is 93.0 cm³/mol. The molecule has 0 saturated heterocycles. The number of nitrogens with one attached hydrogen (secondary N) is 1. The molecule has 0 spiro atoms. The second-order valence-electron chi connectivity index (χ2n) is 5.86. The number of rotatable bonds is 6. The molecule has 4 heteroatoms. The van der Waals surface area contributed by atoms with Gasteiger partial charge in [0.05, 0.1) is 6.10 Å². The number of nitrogens with zero attached hydrogens (tertiary/aromatic N) is 1. The minimum Gasteiger partial charge on any atom is -0.390 e. The highest BCUT2D eigenvalue weighted by atomic mass is 16.3. The van der Waals surface area contributed by atoms with E-state index >= 15 is 0 Å². The van der Waals surface area contributed by atoms with Crippen LogP contribution in [-0.4, -0.2) is 41.7 Å². The van der Waals surface area contributed by atoms with Crippen LogP contribution in [0.4, 0.5) is 0 Å². The summed E-state index contributed by atoms with van der Waals surface area (Å²) in [6.45, 7) is 6.35. The van der Waals surface area contributed by atoms with E-state index in [9.17, 15) is 9.90 Å². The molecule has 1 aliphatic rings. The van der Waals surface area contributed by atoms with Crippen molar-refractivity contribution in [2.75, 3.05) is 19.6 Å². The lowest BCUT2D eigenvalue weighted by molar-refractivity contribution is -0.117. The van der Waals surface area contributed by atoms with Crippen molar-refractivity contribution in [3.05, 3.63) is 59.2 Å². The molecule has 1 aromatic rings. The van der Waals surface area contributed by atoms with Gasteiger partial charge in [-0.1, -0.05) is 42.5 Å². The number of β-amino-alcohol motifs (C(OH)–C–C–N with tert-alkyl or cyclic N) is 1. The van der Waals surface area contributed by atoms with E-state index in [2.05, 4.69) is 34.5 Å². The average molecular weight is 314 g/mol. The molecule has 1 amide bonds. The molecule has 23 heavy (non-hydrogen) atoms. The molecule has 0 fully saturated rings. The molecule has 2 rings (SSSR count). The molecular weight excluding hydrogens is 288 g/mol. The lowest BCUT2D eigenvalue weighted by Crippen LogP contribution is -2.42. The van der Waals surface area contributed by atoms with Crippen molar-refractivity contribution in [2.45, 2.75) is 32.9 Å². The SMILES string of the molecule is C/C=C\C(=C/C)C(=O)NC[C@@H](O)CN1CCc2ccccc2C1. The fraction of sp³-hybridized carbons (Fsp3) is 0.421. The van der Waals surface area contributed by atoms with Crippen molar-refractivity contribution in [3.8, 4) is 0 Å². The van der Waals surface area contributed by atoms with Gasteiger partial charge in [0.15, 0.2) is 0 Å². The van der Waals surface area contributed by atoms with Crippen LogP contribution in [0, 0.1) is 0 Å². The van der Waals surface area contributed by atoms with Crippen LogP contribution in [0.1, 0.15) is 25.0 Å². The first kappa shape index (κ1) is 17.4. The summed E-state index contributed by atoms with van der Waals surface area (Å²) in [5.74, 6) is -0.145. The minimum absolute atomic E-state index is 0.145. The van der Waals surface area contributed by atoms with Crippen molar-refractivity contribution in [2.24, 2.45) is 0 Å². The summed E-state index contributed by atoms with van der Waals surface area (Å²) >= 11 is 0. The Morgan fingerprint density at radius 2 is 2.09 bits per heavy atom. The number of hydrogen-bond acceptors (Lipinski definition) is 3. The summed E-state index contributed by atoms with van der Waals surface area (Å²) in [6.07, 6.45) is 5.82. The molecule has 1 atom stereocenters. The highest BCUT2D eigenvalue weighted by Gasteiger charge is 2.18. The van der Waals surface area contributed by atoms with E-state index in [0.717, 1.165) is 19.5 Å². The van der Waals surface area contributed by atoms with Crippen LogP contribution < -0.4 is 5.32 Å². The van der Waals surface area contributed by atoms with Gasteiger partial charge in [0.1, 0.15) is 0 Å². The normalized spacial score (nSPS) is 17.1. The molecular formula is C19H26N2O2. The molecule has 0 bridgehead atoms. The van der Waals surface area contributed by atoms with Crippen LogP contribution in [0.5, 0.6) is 0 Å². The van der Waals surface area contributed by atoms with Gasteiger partial charge in [0, 0.05) is 31.8 Å². The van der Waals surface area contributed by atoms with Crippen LogP contribution in [0.15, 0.2) is 48.1 Å². The first-order valence-corrected chi connectivity index (χ1v) is 8.18. The second kappa shape index (κ2) is 8.65. The Hall–Kier alpha value is -1.91. The minimum atomic E-state index is -0.562. The number of allylic oxidation sites excluding steroid dienone is 2. The van der Waals surface area contributed by atoms with Crippen LogP contribution >= 0.6 is 0 Å². The number of carbonyl (C=O) groups is 1. The van der Waals surface area contributed by atoms with E-state index < -0.39 is 6.10 Å². The van der Waals surface area contributed by atoms with Gasteiger partial charge in [-0.3, -0.25) is 9.69 Å². The molecule has 0 aliphatic carbocycles. The maximum absolute atomic E-state index is 12.0. The molecule has 0 unspecified atom stereocenters. The average Bonchev–Trinajstić information content (AvgIpc) is 2.57. The zero-order valence-electron chi connectivity index (χ0n) is 14.0. The first-order chi connectivity index (χ1) is 11.1. The van der Waals surface area contributed by atoms with Gasteiger partial charge < -0.3 is 10.4 Å². The van der Waals surface area contributed by atoms with Gasteiger partial charge in [0.2, 0.25) is 0 Å². The molecule has 1 aromatic carbocycles. The smallest absolute Gasteiger partial charge is 0.251 e. The summed E-state index contributed by atoms with van der Waals surface area (Å²) < 4.78 is 0. The van der Waals surface area contributed by atoms with E-state index in [4.69, 9.17) is 0 Å². The number of benzene rings is 1. The summed E-state index contributed by atoms with van der Waals surface area (Å²) in [5.41, 5.74) is 3.35. The van der Waals surface area contributed by atoms with Crippen molar-refractivity contribution in [3.63, 3.8) is 0 Å². The number of fused-ring (bicyclic) bond motifs is 1. The molecule has 0 radical (unpaired) electrons. The zero-order valence-corrected chi connectivity index (χ0v) is 14.0. The number of aliphatic hydroxyl groups excluding tert-OH is 1. The Bertz CT molecular complexity index is 593. The topological polar surface area (TPSA) is 52.6 Å². The molecule has 0 saturated carbocycles. The first-order valence-electron chi connectivity index (χ1n) is 8.18. The Morgan fingerprint density at radius 3 is 2.78 bits per heavy atom. The van der Waals surface area contributed by atoms with Gasteiger partial charge in [-0.2, -0.15) is 0 Å². The van der Waals surface area contributed by atoms with Gasteiger partial charge in [-0.05, 0) is 31.4 Å². The number of aliphatic hydroxyl groups is 1. The lowest BCUT2D eigenvalue weighted by atomic mass is 10.00. The summed E-state index contributed by atoms with van der Waals surface area (Å²) in [6, 6.07) is 8.44. The lowest BCUT2D eigenvalue weighted by Gasteiger charge is -2.30. The standard InChI is InChI=1S/C19H26N2O2/c1-3-7-15(4-2)19(23)20-12-18(22)14-21-11-10-16-8-5-6-9-17(16)13-21/h3-9,18,22H,10-14H2,1-2H3,(H,20,23)/b7-3-,15-4+/t18-/m1/s1. The van der Waals surface area contributed by atoms with Gasteiger partial charge in [-0.25, -0.2) is 0 Å². The molecule has 4 nitrogen and oxygen atoms in total. The highest BCUT2D eigenvalue weighted by molar-refractivity contribution is 5.96. The molecule has 0 aromatic heterocycles. The summed E-state index contributed by atoms with van der Waals surface area (Å²) in [5, 5.41) is 13.0. The number of carbonyl (C=O) groups excluding carboxylic acids is 1. The monoisotopic (exact) mass is 314 g/mol. The van der Waals surface area contributed by atoms with E-state index in [1.54, 1.807) is 12.2 Å². The molecule has 1 aliphatic heterocycles. The zero-order chi connectivity index (χ0) is 16.7. The number of hydrogen-bond donors (Lipinski definition) is 2. The van der Waals surface area contributed by atoms with Crippen molar-refractivity contribution < 1.29 is 9.90 Å². The third-order valence-electron chi connectivity index (χ3n) is 4.10. The Morgan fingerprint density at radius 1 is 1.35 bits per heavy atom. The van der Waals surface area contributed by atoms with E-state index in [1.807, 2.05) is 19.9 Å². The van der Waals surface area contributed by atoms with Gasteiger partial charge >= 0.3 is 0 Å². The third-order valence-corrected chi connectivity index (χ3v) is 4.10. The fourth-order valence-electron chi connectivity index (χ4n) is 2.87. The Labute approximate surface area is 138 Å². The van der Waals surface area contributed by atoms with Crippen molar-refractivity contribution in [1.29, 1.82) is 0 Å². The molecule has 1 heterocycles. The second-order valence-corrected chi connectivity index (χ2v) is 5.86. The van der Waals surface area contributed by atoms with Crippen LogP contribution in [0.25, 0.3) is 0 Å². The maximum atomic E-state index is 12.0. The van der Waals surface area contributed by atoms with E-state index in [1.165, 1.54) is 11.1 Å². The van der Waals surface area contributed by atoms with Crippen LogP contribution in [-0.2, 0) is 17.8 Å². The largest absolute Gasteiger partial charge is 0.390 e. The number of amides is 1. The molecule has 2 N–H and O–H groups in total. The van der Waals surface area contributed by atoms with Gasteiger partial charge in [-0.15, -0.1) is 0 Å². The maximum Gasteiger partial charge on any atom is 0.251 e.